The number of rotatable bonds is 3. The molecule has 7 heavy (non-hydrogen) atoms. The molecule has 1 nitrogen and oxygen atoms in total. The standard InChI is InChI=1S/C6H14N/c1-3-4-6(2)5-7/h3-5,7H2,1-2H3. The van der Waals surface area contributed by atoms with E-state index in [1.807, 2.05) is 0 Å². The Bertz CT molecular complexity index is 35.2. The van der Waals surface area contributed by atoms with E-state index in [2.05, 4.69) is 13.8 Å². The quantitative estimate of drug-likeness (QED) is 0.569. The number of hydrogen-bond donors (Lipinski definition) is 1. The van der Waals surface area contributed by atoms with Gasteiger partial charge in [-0.3, -0.25) is 0 Å². The first-order valence-corrected chi connectivity index (χ1v) is 2.82. The first-order valence-electron chi connectivity index (χ1n) is 2.82. The average Bonchev–Trinajstić information content (AvgIpc) is 1.68. The van der Waals surface area contributed by atoms with Crippen LogP contribution in [0.15, 0.2) is 0 Å². The van der Waals surface area contributed by atoms with Crippen LogP contribution in [0.1, 0.15) is 26.7 Å². The highest BCUT2D eigenvalue weighted by Crippen LogP contribution is 2.03. The lowest BCUT2D eigenvalue weighted by molar-refractivity contribution is 0.767. The lowest BCUT2D eigenvalue weighted by Gasteiger charge is -2.01. The van der Waals surface area contributed by atoms with Crippen molar-refractivity contribution in [1.29, 1.82) is 0 Å². The zero-order chi connectivity index (χ0) is 5.70. The van der Waals surface area contributed by atoms with Crippen LogP contribution in [0, 0.1) is 5.92 Å². The largest absolute Gasteiger partial charge is 0.330 e. The number of hydrogen-bond acceptors (Lipinski definition) is 1. The first kappa shape index (κ1) is 6.96. The fourth-order valence-corrected chi connectivity index (χ4v) is 0.529. The fourth-order valence-electron chi connectivity index (χ4n) is 0.529. The monoisotopic (exact) mass is 100 g/mol. The molecule has 0 aliphatic carbocycles. The lowest BCUT2D eigenvalue weighted by Crippen LogP contribution is -2.07. The summed E-state index contributed by atoms with van der Waals surface area (Å²) in [5, 5.41) is 0. The van der Waals surface area contributed by atoms with Gasteiger partial charge in [-0.15, -0.1) is 0 Å². The van der Waals surface area contributed by atoms with Gasteiger partial charge in [0.15, 0.2) is 0 Å². The van der Waals surface area contributed by atoms with Crippen molar-refractivity contribution in [2.75, 3.05) is 6.54 Å². The molecule has 1 heteroatoms. The fraction of sp³-hybridized carbons (Fsp3) is 0.833. The van der Waals surface area contributed by atoms with Crippen molar-refractivity contribution < 1.29 is 0 Å². The van der Waals surface area contributed by atoms with E-state index in [0.717, 1.165) is 6.54 Å². The summed E-state index contributed by atoms with van der Waals surface area (Å²) in [5.74, 6) is 1.41. The highest BCUT2D eigenvalue weighted by Gasteiger charge is 1.93. The third-order valence-electron chi connectivity index (χ3n) is 1.03. The molecule has 0 unspecified atom stereocenters. The van der Waals surface area contributed by atoms with Gasteiger partial charge in [-0.25, -0.2) is 0 Å². The third kappa shape index (κ3) is 3.80. The maximum absolute atomic E-state index is 5.32. The van der Waals surface area contributed by atoms with Crippen molar-refractivity contribution in [3.05, 3.63) is 5.92 Å². The van der Waals surface area contributed by atoms with Gasteiger partial charge in [-0.2, -0.15) is 0 Å². The summed E-state index contributed by atoms with van der Waals surface area (Å²) in [5.41, 5.74) is 5.32. The molecule has 43 valence electrons. The molecule has 0 atom stereocenters. The Labute approximate surface area is 45.9 Å². The first-order chi connectivity index (χ1) is 3.31. The van der Waals surface area contributed by atoms with Crippen LogP contribution in [0.2, 0.25) is 0 Å². The van der Waals surface area contributed by atoms with Gasteiger partial charge in [0.1, 0.15) is 0 Å². The van der Waals surface area contributed by atoms with Crippen LogP contribution in [0.4, 0.5) is 0 Å². The van der Waals surface area contributed by atoms with Crippen LogP contribution in [0.25, 0.3) is 0 Å². The Hall–Kier alpha value is -0.0400. The molecule has 0 aliphatic heterocycles. The van der Waals surface area contributed by atoms with Crippen molar-refractivity contribution >= 4 is 0 Å². The van der Waals surface area contributed by atoms with Crippen molar-refractivity contribution in [1.82, 2.24) is 0 Å². The molecule has 1 radical (unpaired) electrons. The molecule has 0 aromatic carbocycles. The summed E-state index contributed by atoms with van der Waals surface area (Å²) in [6.45, 7) is 5.02. The minimum absolute atomic E-state index is 0.758. The van der Waals surface area contributed by atoms with E-state index in [1.165, 1.54) is 18.8 Å². The average molecular weight is 100 g/mol. The van der Waals surface area contributed by atoms with Gasteiger partial charge in [0.2, 0.25) is 0 Å². The van der Waals surface area contributed by atoms with Crippen molar-refractivity contribution in [3.8, 4) is 0 Å². The molecular weight excluding hydrogens is 86.1 g/mol. The Kier molecular flexibility index (Phi) is 4.10. The topological polar surface area (TPSA) is 26.0 Å². The predicted molar refractivity (Wildman–Crippen MR) is 32.9 cm³/mol. The second kappa shape index (κ2) is 4.13. The van der Waals surface area contributed by atoms with E-state index >= 15 is 0 Å². The minimum Gasteiger partial charge on any atom is -0.330 e. The van der Waals surface area contributed by atoms with E-state index in [9.17, 15) is 0 Å². The van der Waals surface area contributed by atoms with Crippen molar-refractivity contribution in [2.45, 2.75) is 26.7 Å². The Balaban J connectivity index is 2.83. The minimum atomic E-state index is 0.758. The molecule has 0 amide bonds. The molecule has 0 bridgehead atoms. The third-order valence-corrected chi connectivity index (χ3v) is 1.03. The highest BCUT2D eigenvalue weighted by atomic mass is 14.5. The van der Waals surface area contributed by atoms with Crippen LogP contribution in [0.5, 0.6) is 0 Å². The Morgan fingerprint density at radius 1 is 1.57 bits per heavy atom. The van der Waals surface area contributed by atoms with Gasteiger partial charge < -0.3 is 5.73 Å². The predicted octanol–water partition coefficient (Wildman–Crippen LogP) is 1.34. The molecule has 0 heterocycles. The van der Waals surface area contributed by atoms with E-state index in [4.69, 9.17) is 5.73 Å². The van der Waals surface area contributed by atoms with Crippen LogP contribution in [0.3, 0.4) is 0 Å². The molecule has 0 fully saturated rings. The van der Waals surface area contributed by atoms with Gasteiger partial charge in [0.25, 0.3) is 0 Å². The van der Waals surface area contributed by atoms with Crippen molar-refractivity contribution in [3.63, 3.8) is 0 Å². The van der Waals surface area contributed by atoms with Gasteiger partial charge in [-0.05, 0) is 18.9 Å². The maximum Gasteiger partial charge on any atom is -0.00175 e. The smallest absolute Gasteiger partial charge is 0.00175 e. The van der Waals surface area contributed by atoms with Gasteiger partial charge in [0, 0.05) is 0 Å². The Morgan fingerprint density at radius 2 is 2.14 bits per heavy atom. The molecule has 0 spiro atoms. The Morgan fingerprint density at radius 3 is 2.29 bits per heavy atom. The zero-order valence-electron chi connectivity index (χ0n) is 5.20. The van der Waals surface area contributed by atoms with Crippen LogP contribution >= 0.6 is 0 Å². The van der Waals surface area contributed by atoms with Crippen LogP contribution in [-0.2, 0) is 0 Å². The van der Waals surface area contributed by atoms with E-state index in [1.54, 1.807) is 0 Å². The molecule has 0 aromatic rings. The maximum atomic E-state index is 5.32. The SMILES string of the molecule is CCC[C](C)CN. The summed E-state index contributed by atoms with van der Waals surface area (Å²) in [6.07, 6.45) is 2.42. The van der Waals surface area contributed by atoms with Gasteiger partial charge in [-0.1, -0.05) is 20.3 Å². The molecule has 0 saturated carbocycles. The number of nitrogens with two attached hydrogens (primary N) is 1. The zero-order valence-corrected chi connectivity index (χ0v) is 5.20. The molecular formula is C6H14N. The summed E-state index contributed by atoms with van der Waals surface area (Å²) in [4.78, 5) is 0. The van der Waals surface area contributed by atoms with Gasteiger partial charge >= 0.3 is 0 Å². The summed E-state index contributed by atoms with van der Waals surface area (Å²) >= 11 is 0. The van der Waals surface area contributed by atoms with E-state index in [-0.39, 0.29) is 0 Å². The molecule has 0 rings (SSSR count). The second-order valence-corrected chi connectivity index (χ2v) is 1.91. The molecule has 0 aromatic heterocycles. The van der Waals surface area contributed by atoms with Crippen molar-refractivity contribution in [2.24, 2.45) is 5.73 Å². The molecule has 2 N–H and O–H groups in total. The summed E-state index contributed by atoms with van der Waals surface area (Å²) in [6, 6.07) is 0. The highest BCUT2D eigenvalue weighted by molar-refractivity contribution is 4.83. The van der Waals surface area contributed by atoms with Crippen LogP contribution in [-0.4, -0.2) is 6.54 Å². The second-order valence-electron chi connectivity index (χ2n) is 1.91. The molecule has 0 aliphatic rings. The molecule has 0 saturated heterocycles. The summed E-state index contributed by atoms with van der Waals surface area (Å²) in [7, 11) is 0. The van der Waals surface area contributed by atoms with Crippen LogP contribution < -0.4 is 5.73 Å². The van der Waals surface area contributed by atoms with Gasteiger partial charge in [0.05, 0.1) is 0 Å². The lowest BCUT2D eigenvalue weighted by atomic mass is 10.1. The van der Waals surface area contributed by atoms with E-state index < -0.39 is 0 Å². The van der Waals surface area contributed by atoms with E-state index in [0.29, 0.717) is 0 Å². The summed E-state index contributed by atoms with van der Waals surface area (Å²) < 4.78 is 0. The normalized spacial score (nSPS) is 10.3.